The molecule has 0 aliphatic rings. The van der Waals surface area contributed by atoms with Crippen LogP contribution in [0.4, 0.5) is 5.82 Å². The molecule has 1 rings (SSSR count). The second-order valence-corrected chi connectivity index (χ2v) is 5.96. The summed E-state index contributed by atoms with van der Waals surface area (Å²) in [6, 6.07) is 2.00. The molecule has 3 nitrogen and oxygen atoms in total. The first-order valence-electron chi connectivity index (χ1n) is 5.96. The molecular weight excluding hydrogens is 262 g/mol. The molecule has 0 amide bonds. The summed E-state index contributed by atoms with van der Waals surface area (Å²) in [5.41, 5.74) is 8.70. The predicted octanol–water partition coefficient (Wildman–Crippen LogP) is 2.74. The molecule has 0 aliphatic carbocycles. The van der Waals surface area contributed by atoms with E-state index < -0.39 is 0 Å². The van der Waals surface area contributed by atoms with E-state index in [-0.39, 0.29) is 0 Å². The van der Waals surface area contributed by atoms with Gasteiger partial charge >= 0.3 is 0 Å². The summed E-state index contributed by atoms with van der Waals surface area (Å²) in [6.07, 6.45) is 2.12. The van der Waals surface area contributed by atoms with Crippen LogP contribution in [0, 0.1) is 19.8 Å². The minimum Gasteiger partial charge on any atom is -0.389 e. The minimum absolute atomic E-state index is 0.403. The van der Waals surface area contributed by atoms with E-state index in [2.05, 4.69) is 23.5 Å². The van der Waals surface area contributed by atoms with Gasteiger partial charge in [0.05, 0.1) is 5.56 Å². The molecule has 0 aromatic carbocycles. The summed E-state index contributed by atoms with van der Waals surface area (Å²) in [7, 11) is 0. The monoisotopic (exact) mass is 283 g/mol. The van der Waals surface area contributed by atoms with Gasteiger partial charge in [-0.3, -0.25) is 0 Å². The van der Waals surface area contributed by atoms with Crippen molar-refractivity contribution in [3.8, 4) is 0 Å². The Kier molecular flexibility index (Phi) is 5.88. The number of nitrogens with zero attached hydrogens (tertiary/aromatic N) is 1. The van der Waals surface area contributed by atoms with Gasteiger partial charge in [-0.2, -0.15) is 11.8 Å². The van der Waals surface area contributed by atoms with Crippen LogP contribution in [-0.4, -0.2) is 28.5 Å². The van der Waals surface area contributed by atoms with Crippen molar-refractivity contribution in [1.29, 1.82) is 0 Å². The van der Waals surface area contributed by atoms with Gasteiger partial charge < -0.3 is 11.1 Å². The molecule has 1 aromatic heterocycles. The van der Waals surface area contributed by atoms with Crippen molar-refractivity contribution in [2.75, 3.05) is 23.9 Å². The van der Waals surface area contributed by atoms with Gasteiger partial charge in [0.2, 0.25) is 0 Å². The molecule has 0 radical (unpaired) electrons. The second kappa shape index (κ2) is 6.95. The fraction of sp³-hybridized carbons (Fsp3) is 0.538. The highest BCUT2D eigenvalue weighted by Gasteiger charge is 2.12. The van der Waals surface area contributed by atoms with Crippen LogP contribution < -0.4 is 11.1 Å². The molecule has 0 aliphatic heterocycles. The van der Waals surface area contributed by atoms with Crippen LogP contribution in [0.15, 0.2) is 6.07 Å². The SMILES string of the molecule is CSCC(C)CNc1nc(C)cc(C)c1C(N)=S. The summed E-state index contributed by atoms with van der Waals surface area (Å²) < 4.78 is 0. The zero-order valence-electron chi connectivity index (χ0n) is 11.4. The minimum atomic E-state index is 0.403. The maximum atomic E-state index is 5.78. The number of aryl methyl sites for hydroxylation is 2. The first-order chi connectivity index (χ1) is 8.45. The van der Waals surface area contributed by atoms with E-state index in [0.717, 1.165) is 34.9 Å². The van der Waals surface area contributed by atoms with Crippen LogP contribution in [0.2, 0.25) is 0 Å². The summed E-state index contributed by atoms with van der Waals surface area (Å²) in [4.78, 5) is 4.90. The van der Waals surface area contributed by atoms with Gasteiger partial charge in [0.25, 0.3) is 0 Å². The van der Waals surface area contributed by atoms with Gasteiger partial charge in [0.1, 0.15) is 10.8 Å². The Bertz CT molecular complexity index is 432. The van der Waals surface area contributed by atoms with E-state index in [1.54, 1.807) is 0 Å². The Morgan fingerprint density at radius 2 is 2.22 bits per heavy atom. The number of pyridine rings is 1. The zero-order valence-corrected chi connectivity index (χ0v) is 13.0. The van der Waals surface area contributed by atoms with Crippen molar-refractivity contribution in [2.24, 2.45) is 11.7 Å². The molecule has 0 fully saturated rings. The smallest absolute Gasteiger partial charge is 0.136 e. The van der Waals surface area contributed by atoms with E-state index in [1.807, 2.05) is 31.7 Å². The highest BCUT2D eigenvalue weighted by Crippen LogP contribution is 2.19. The first kappa shape index (κ1) is 15.2. The topological polar surface area (TPSA) is 50.9 Å². The Balaban J connectivity index is 2.90. The average molecular weight is 283 g/mol. The van der Waals surface area contributed by atoms with Gasteiger partial charge in [-0.15, -0.1) is 0 Å². The van der Waals surface area contributed by atoms with Crippen molar-refractivity contribution in [3.05, 3.63) is 22.9 Å². The molecule has 0 saturated carbocycles. The number of aromatic nitrogens is 1. The zero-order chi connectivity index (χ0) is 13.7. The molecule has 18 heavy (non-hydrogen) atoms. The lowest BCUT2D eigenvalue weighted by molar-refractivity contribution is 0.699. The van der Waals surface area contributed by atoms with Crippen LogP contribution >= 0.6 is 24.0 Å². The standard InChI is InChI=1S/C13H21N3S2/c1-8(7-18-4)6-15-13-11(12(14)17)9(2)5-10(3)16-13/h5,8H,6-7H2,1-4H3,(H2,14,17)(H,15,16). The second-order valence-electron chi connectivity index (χ2n) is 4.61. The molecule has 1 atom stereocenters. The van der Waals surface area contributed by atoms with Crippen LogP contribution in [0.5, 0.6) is 0 Å². The van der Waals surface area contributed by atoms with Gasteiger partial charge in [0, 0.05) is 12.2 Å². The third-order valence-corrected chi connectivity index (χ3v) is 3.77. The van der Waals surface area contributed by atoms with Crippen LogP contribution in [0.3, 0.4) is 0 Å². The largest absolute Gasteiger partial charge is 0.389 e. The van der Waals surface area contributed by atoms with E-state index >= 15 is 0 Å². The third-order valence-electron chi connectivity index (χ3n) is 2.66. The predicted molar refractivity (Wildman–Crippen MR) is 85.6 cm³/mol. The fourth-order valence-corrected chi connectivity index (χ4v) is 2.83. The molecule has 1 heterocycles. The summed E-state index contributed by atoms with van der Waals surface area (Å²) >= 11 is 6.96. The van der Waals surface area contributed by atoms with Crippen molar-refractivity contribution < 1.29 is 0 Å². The molecule has 0 spiro atoms. The Labute approximate surface area is 119 Å². The number of anilines is 1. The van der Waals surface area contributed by atoms with Crippen LogP contribution in [0.1, 0.15) is 23.7 Å². The molecule has 100 valence electrons. The molecular formula is C13H21N3S2. The number of rotatable bonds is 6. The van der Waals surface area contributed by atoms with Crippen molar-refractivity contribution in [3.63, 3.8) is 0 Å². The normalized spacial score (nSPS) is 12.2. The van der Waals surface area contributed by atoms with E-state index in [4.69, 9.17) is 18.0 Å². The lowest BCUT2D eigenvalue weighted by Crippen LogP contribution is -2.20. The Hall–Kier alpha value is -0.810. The van der Waals surface area contributed by atoms with E-state index in [0.29, 0.717) is 10.9 Å². The molecule has 1 unspecified atom stereocenters. The van der Waals surface area contributed by atoms with E-state index in [9.17, 15) is 0 Å². The van der Waals surface area contributed by atoms with Gasteiger partial charge in [-0.25, -0.2) is 4.98 Å². The highest BCUT2D eigenvalue weighted by molar-refractivity contribution is 7.98. The fourth-order valence-electron chi connectivity index (χ4n) is 1.89. The lowest BCUT2D eigenvalue weighted by Gasteiger charge is -2.16. The Morgan fingerprint density at radius 1 is 1.56 bits per heavy atom. The molecule has 0 saturated heterocycles. The van der Waals surface area contributed by atoms with Gasteiger partial charge in [-0.1, -0.05) is 19.1 Å². The van der Waals surface area contributed by atoms with Crippen molar-refractivity contribution in [2.45, 2.75) is 20.8 Å². The van der Waals surface area contributed by atoms with Gasteiger partial charge in [0.15, 0.2) is 0 Å². The number of thiocarbonyl (C=S) groups is 1. The number of nitrogens with one attached hydrogen (secondary N) is 1. The quantitative estimate of drug-likeness (QED) is 0.786. The lowest BCUT2D eigenvalue weighted by atomic mass is 10.1. The number of hydrogen-bond acceptors (Lipinski definition) is 4. The highest BCUT2D eigenvalue weighted by atomic mass is 32.2. The molecule has 5 heteroatoms. The van der Waals surface area contributed by atoms with Crippen molar-refractivity contribution >= 4 is 34.8 Å². The number of nitrogens with two attached hydrogens (primary N) is 1. The third kappa shape index (κ3) is 4.14. The van der Waals surface area contributed by atoms with Crippen LogP contribution in [-0.2, 0) is 0 Å². The Morgan fingerprint density at radius 3 is 2.78 bits per heavy atom. The molecule has 1 aromatic rings. The maximum Gasteiger partial charge on any atom is 0.136 e. The summed E-state index contributed by atoms with van der Waals surface area (Å²) in [5.74, 6) is 2.52. The van der Waals surface area contributed by atoms with Crippen LogP contribution in [0.25, 0.3) is 0 Å². The molecule has 0 bridgehead atoms. The summed E-state index contributed by atoms with van der Waals surface area (Å²) in [6.45, 7) is 7.09. The first-order valence-corrected chi connectivity index (χ1v) is 7.76. The van der Waals surface area contributed by atoms with E-state index in [1.165, 1.54) is 0 Å². The number of thioether (sulfide) groups is 1. The van der Waals surface area contributed by atoms with Gasteiger partial charge in [-0.05, 0) is 43.4 Å². The summed E-state index contributed by atoms with van der Waals surface area (Å²) in [5, 5.41) is 3.37. The van der Waals surface area contributed by atoms with Crippen molar-refractivity contribution in [1.82, 2.24) is 4.98 Å². The average Bonchev–Trinajstić information content (AvgIpc) is 2.25. The maximum absolute atomic E-state index is 5.78. The number of hydrogen-bond donors (Lipinski definition) is 2. The molecule has 3 N–H and O–H groups in total.